The Kier molecular flexibility index (Phi) is 5.40. The summed E-state index contributed by atoms with van der Waals surface area (Å²) >= 11 is 0. The first-order valence-electron chi connectivity index (χ1n) is 7.41. The fourth-order valence-corrected chi connectivity index (χ4v) is 2.49. The number of amides is 1. The maximum absolute atomic E-state index is 12.3. The van der Waals surface area contributed by atoms with E-state index >= 15 is 0 Å². The van der Waals surface area contributed by atoms with E-state index in [-0.39, 0.29) is 18.4 Å². The van der Waals surface area contributed by atoms with E-state index in [0.717, 1.165) is 24.4 Å². The minimum atomic E-state index is -0.874. The lowest BCUT2D eigenvalue weighted by Crippen LogP contribution is -2.45. The molecule has 0 bridgehead atoms. The number of aromatic nitrogens is 1. The highest BCUT2D eigenvalue weighted by Gasteiger charge is 2.28. The lowest BCUT2D eigenvalue weighted by molar-refractivity contribution is 0.00592. The van der Waals surface area contributed by atoms with Gasteiger partial charge in [-0.25, -0.2) is 0 Å². The molecule has 2 N–H and O–H groups in total. The standard InChI is InChI=1S/C16H28N2O2/c1-7-11(3)16(6,20)10-17-15(19)14-9-12(4)18(8-2)13(14)5/h9,11,20H,7-8,10H2,1-6H3,(H,17,19). The third-order valence-corrected chi connectivity index (χ3v) is 4.42. The van der Waals surface area contributed by atoms with Crippen LogP contribution in [0.4, 0.5) is 0 Å². The predicted molar refractivity (Wildman–Crippen MR) is 82.0 cm³/mol. The first-order chi connectivity index (χ1) is 9.24. The quantitative estimate of drug-likeness (QED) is 0.841. The number of carbonyl (C=O) groups is 1. The Balaban J connectivity index is 2.78. The second kappa shape index (κ2) is 6.44. The van der Waals surface area contributed by atoms with Gasteiger partial charge in [-0.3, -0.25) is 4.79 Å². The van der Waals surface area contributed by atoms with Crippen LogP contribution in [-0.4, -0.2) is 27.7 Å². The van der Waals surface area contributed by atoms with Crippen molar-refractivity contribution < 1.29 is 9.90 Å². The largest absolute Gasteiger partial charge is 0.388 e. The molecule has 1 heterocycles. The molecule has 0 saturated carbocycles. The summed E-state index contributed by atoms with van der Waals surface area (Å²) in [5.74, 6) is 0.0345. The summed E-state index contributed by atoms with van der Waals surface area (Å²) in [5.41, 5.74) is 1.89. The molecular formula is C16H28N2O2. The monoisotopic (exact) mass is 280 g/mol. The predicted octanol–water partition coefficient (Wildman–Crippen LogP) is 2.65. The van der Waals surface area contributed by atoms with E-state index < -0.39 is 5.60 Å². The maximum atomic E-state index is 12.3. The van der Waals surface area contributed by atoms with E-state index in [1.807, 2.05) is 33.8 Å². The lowest BCUT2D eigenvalue weighted by atomic mass is 9.88. The molecule has 2 atom stereocenters. The number of rotatable bonds is 6. The molecule has 2 unspecified atom stereocenters. The Morgan fingerprint density at radius 2 is 2.05 bits per heavy atom. The average molecular weight is 280 g/mol. The minimum Gasteiger partial charge on any atom is -0.388 e. The van der Waals surface area contributed by atoms with Gasteiger partial charge in [0.25, 0.3) is 5.91 Å². The zero-order chi connectivity index (χ0) is 15.5. The van der Waals surface area contributed by atoms with Crippen LogP contribution in [0.5, 0.6) is 0 Å². The van der Waals surface area contributed by atoms with Crippen LogP contribution in [0.1, 0.15) is 55.9 Å². The summed E-state index contributed by atoms with van der Waals surface area (Å²) in [4.78, 5) is 12.3. The van der Waals surface area contributed by atoms with E-state index in [1.54, 1.807) is 6.92 Å². The Morgan fingerprint density at radius 3 is 2.50 bits per heavy atom. The van der Waals surface area contributed by atoms with Crippen molar-refractivity contribution in [3.63, 3.8) is 0 Å². The average Bonchev–Trinajstić information content (AvgIpc) is 2.69. The van der Waals surface area contributed by atoms with Gasteiger partial charge in [0.1, 0.15) is 0 Å². The van der Waals surface area contributed by atoms with Gasteiger partial charge in [-0.05, 0) is 39.7 Å². The second-order valence-electron chi connectivity index (χ2n) is 5.88. The Hall–Kier alpha value is -1.29. The summed E-state index contributed by atoms with van der Waals surface area (Å²) < 4.78 is 2.11. The van der Waals surface area contributed by atoms with Crippen LogP contribution in [-0.2, 0) is 6.54 Å². The molecule has 4 nitrogen and oxygen atoms in total. The Morgan fingerprint density at radius 1 is 1.45 bits per heavy atom. The van der Waals surface area contributed by atoms with Crippen LogP contribution in [0, 0.1) is 19.8 Å². The highest BCUT2D eigenvalue weighted by atomic mass is 16.3. The molecule has 4 heteroatoms. The van der Waals surface area contributed by atoms with Crippen LogP contribution in [0.15, 0.2) is 6.07 Å². The molecule has 0 fully saturated rings. The van der Waals surface area contributed by atoms with Crippen LogP contribution >= 0.6 is 0 Å². The van der Waals surface area contributed by atoms with Crippen LogP contribution in [0.25, 0.3) is 0 Å². The third-order valence-electron chi connectivity index (χ3n) is 4.42. The first-order valence-corrected chi connectivity index (χ1v) is 7.41. The fraction of sp³-hybridized carbons (Fsp3) is 0.688. The van der Waals surface area contributed by atoms with Crippen molar-refractivity contribution in [2.75, 3.05) is 6.54 Å². The summed E-state index contributed by atoms with van der Waals surface area (Å²) in [6.45, 7) is 13.0. The number of hydrogen-bond donors (Lipinski definition) is 2. The van der Waals surface area contributed by atoms with Crippen molar-refractivity contribution in [1.82, 2.24) is 9.88 Å². The van der Waals surface area contributed by atoms with E-state index in [0.29, 0.717) is 5.56 Å². The Labute approximate surface area is 122 Å². The second-order valence-corrected chi connectivity index (χ2v) is 5.88. The van der Waals surface area contributed by atoms with Gasteiger partial charge in [-0.15, -0.1) is 0 Å². The molecular weight excluding hydrogens is 252 g/mol. The zero-order valence-corrected chi connectivity index (χ0v) is 13.6. The van der Waals surface area contributed by atoms with E-state index in [2.05, 4.69) is 16.8 Å². The van der Waals surface area contributed by atoms with Gasteiger partial charge in [-0.1, -0.05) is 20.3 Å². The molecule has 20 heavy (non-hydrogen) atoms. The molecule has 0 aliphatic heterocycles. The Bertz CT molecular complexity index is 475. The number of aliphatic hydroxyl groups is 1. The SMILES string of the molecule is CCC(C)C(C)(O)CNC(=O)c1cc(C)n(CC)c1C. The van der Waals surface area contributed by atoms with Gasteiger partial charge < -0.3 is 15.0 Å². The van der Waals surface area contributed by atoms with Crippen LogP contribution < -0.4 is 5.32 Å². The highest BCUT2D eigenvalue weighted by molar-refractivity contribution is 5.95. The van der Waals surface area contributed by atoms with Crippen molar-refractivity contribution in [1.29, 1.82) is 0 Å². The molecule has 1 aromatic rings. The van der Waals surface area contributed by atoms with Crippen molar-refractivity contribution in [3.8, 4) is 0 Å². The zero-order valence-electron chi connectivity index (χ0n) is 13.6. The van der Waals surface area contributed by atoms with Crippen molar-refractivity contribution in [2.24, 2.45) is 5.92 Å². The van der Waals surface area contributed by atoms with Gasteiger partial charge in [0.05, 0.1) is 11.2 Å². The van der Waals surface area contributed by atoms with E-state index in [1.165, 1.54) is 0 Å². The molecule has 1 aromatic heterocycles. The molecule has 0 radical (unpaired) electrons. The number of carbonyl (C=O) groups excluding carboxylic acids is 1. The van der Waals surface area contributed by atoms with Gasteiger partial charge in [0, 0.05) is 24.5 Å². The van der Waals surface area contributed by atoms with Crippen molar-refractivity contribution >= 4 is 5.91 Å². The first kappa shape index (κ1) is 16.8. The minimum absolute atomic E-state index is 0.110. The fourth-order valence-electron chi connectivity index (χ4n) is 2.49. The summed E-state index contributed by atoms with van der Waals surface area (Å²) in [7, 11) is 0. The number of nitrogens with one attached hydrogen (secondary N) is 1. The molecule has 1 rings (SSSR count). The molecule has 0 aliphatic carbocycles. The number of hydrogen-bond acceptors (Lipinski definition) is 2. The lowest BCUT2D eigenvalue weighted by Gasteiger charge is -2.29. The highest BCUT2D eigenvalue weighted by Crippen LogP contribution is 2.20. The molecule has 114 valence electrons. The molecule has 0 aliphatic rings. The van der Waals surface area contributed by atoms with Crippen molar-refractivity contribution in [3.05, 3.63) is 23.0 Å². The van der Waals surface area contributed by atoms with Gasteiger partial charge in [0.2, 0.25) is 0 Å². The van der Waals surface area contributed by atoms with Crippen molar-refractivity contribution in [2.45, 2.75) is 60.1 Å². The molecule has 1 amide bonds. The number of aryl methyl sites for hydroxylation is 1. The molecule has 0 aromatic carbocycles. The molecule has 0 spiro atoms. The van der Waals surface area contributed by atoms with Gasteiger partial charge in [0.15, 0.2) is 0 Å². The van der Waals surface area contributed by atoms with Crippen LogP contribution in [0.2, 0.25) is 0 Å². The summed E-state index contributed by atoms with van der Waals surface area (Å²) in [6.07, 6.45) is 0.882. The van der Waals surface area contributed by atoms with E-state index in [4.69, 9.17) is 0 Å². The van der Waals surface area contributed by atoms with Gasteiger partial charge >= 0.3 is 0 Å². The topological polar surface area (TPSA) is 54.3 Å². The smallest absolute Gasteiger partial charge is 0.253 e. The van der Waals surface area contributed by atoms with E-state index in [9.17, 15) is 9.90 Å². The van der Waals surface area contributed by atoms with Crippen LogP contribution in [0.3, 0.4) is 0 Å². The third kappa shape index (κ3) is 3.42. The number of nitrogens with zero attached hydrogens (tertiary/aromatic N) is 1. The maximum Gasteiger partial charge on any atom is 0.253 e. The normalized spacial score (nSPS) is 15.8. The molecule has 0 saturated heterocycles. The van der Waals surface area contributed by atoms with Gasteiger partial charge in [-0.2, -0.15) is 0 Å². The summed E-state index contributed by atoms with van der Waals surface area (Å²) in [5, 5.41) is 13.2. The summed E-state index contributed by atoms with van der Waals surface area (Å²) in [6, 6.07) is 1.91.